The highest BCUT2D eigenvalue weighted by Gasteiger charge is 2.11. The predicted molar refractivity (Wildman–Crippen MR) is 95.5 cm³/mol. The van der Waals surface area contributed by atoms with Crippen LogP contribution in [0.4, 0.5) is 5.69 Å². The van der Waals surface area contributed by atoms with E-state index in [0.29, 0.717) is 23.1 Å². The van der Waals surface area contributed by atoms with Crippen LogP contribution in [0.5, 0.6) is 11.5 Å². The highest BCUT2D eigenvalue weighted by molar-refractivity contribution is 6.32. The van der Waals surface area contributed by atoms with Gasteiger partial charge in [-0.15, -0.1) is 6.42 Å². The van der Waals surface area contributed by atoms with Crippen LogP contribution in [0.25, 0.3) is 0 Å². The van der Waals surface area contributed by atoms with Crippen LogP contribution in [0, 0.1) is 12.3 Å². The molecule has 2 rings (SSSR count). The molecule has 0 saturated carbocycles. The lowest BCUT2D eigenvalue weighted by Gasteiger charge is -2.14. The van der Waals surface area contributed by atoms with Crippen molar-refractivity contribution in [1.29, 1.82) is 0 Å². The Morgan fingerprint density at radius 3 is 2.52 bits per heavy atom. The number of aryl methyl sites for hydroxylation is 1. The number of hydrogen-bond acceptors (Lipinski definition) is 3. The zero-order valence-corrected chi connectivity index (χ0v) is 14.1. The van der Waals surface area contributed by atoms with E-state index in [0.717, 1.165) is 17.7 Å². The molecule has 120 valence electrons. The van der Waals surface area contributed by atoms with Crippen molar-refractivity contribution < 1.29 is 9.47 Å². The third kappa shape index (κ3) is 4.58. The van der Waals surface area contributed by atoms with E-state index in [1.165, 1.54) is 5.56 Å². The number of hydrogen-bond donors (Lipinski definition) is 1. The molecule has 0 spiro atoms. The van der Waals surface area contributed by atoms with Gasteiger partial charge < -0.3 is 14.8 Å². The molecule has 0 amide bonds. The lowest BCUT2D eigenvalue weighted by atomic mass is 10.1. The molecule has 0 bridgehead atoms. The summed E-state index contributed by atoms with van der Waals surface area (Å²) < 4.78 is 10.8. The first-order chi connectivity index (χ1) is 11.2. The third-order valence-electron chi connectivity index (χ3n) is 3.45. The fourth-order valence-corrected chi connectivity index (χ4v) is 2.48. The van der Waals surface area contributed by atoms with Gasteiger partial charge in [-0.3, -0.25) is 0 Å². The number of nitrogens with one attached hydrogen (secondary N) is 1. The number of rotatable bonds is 7. The summed E-state index contributed by atoms with van der Waals surface area (Å²) in [5, 5.41) is 3.85. The molecule has 2 aromatic carbocycles. The summed E-state index contributed by atoms with van der Waals surface area (Å²) in [7, 11) is 1.58. The Kier molecular flexibility index (Phi) is 6.19. The summed E-state index contributed by atoms with van der Waals surface area (Å²) >= 11 is 6.27. The molecule has 1 N–H and O–H groups in total. The maximum Gasteiger partial charge on any atom is 0.181 e. The SMILES string of the molecule is C#CCOc1c(Cl)cc(CNc2ccc(CC)cc2)cc1OC. The van der Waals surface area contributed by atoms with Gasteiger partial charge in [-0.05, 0) is 41.8 Å². The van der Waals surface area contributed by atoms with Gasteiger partial charge in [-0.25, -0.2) is 0 Å². The van der Waals surface area contributed by atoms with Crippen LogP contribution in [0.1, 0.15) is 18.1 Å². The van der Waals surface area contributed by atoms with Gasteiger partial charge in [0.15, 0.2) is 11.5 Å². The molecular weight excluding hydrogens is 310 g/mol. The molecule has 4 heteroatoms. The van der Waals surface area contributed by atoms with Gasteiger partial charge in [-0.2, -0.15) is 0 Å². The van der Waals surface area contributed by atoms with Crippen molar-refractivity contribution in [3.8, 4) is 23.8 Å². The number of terminal acetylenes is 1. The minimum atomic E-state index is 0.150. The standard InChI is InChI=1S/C19H20ClNO2/c1-4-10-23-19-17(20)11-15(12-18(19)22-3)13-21-16-8-6-14(5-2)7-9-16/h1,6-9,11-12,21H,5,10,13H2,2-3H3. The minimum Gasteiger partial charge on any atom is -0.493 e. The van der Waals surface area contributed by atoms with E-state index in [2.05, 4.69) is 42.4 Å². The van der Waals surface area contributed by atoms with Crippen LogP contribution in [-0.2, 0) is 13.0 Å². The topological polar surface area (TPSA) is 30.5 Å². The summed E-state index contributed by atoms with van der Waals surface area (Å²) in [6.45, 7) is 2.93. The third-order valence-corrected chi connectivity index (χ3v) is 3.73. The average molecular weight is 330 g/mol. The van der Waals surface area contributed by atoms with Crippen molar-refractivity contribution in [3.05, 3.63) is 52.5 Å². The summed E-state index contributed by atoms with van der Waals surface area (Å²) in [5.74, 6) is 3.47. The summed E-state index contributed by atoms with van der Waals surface area (Å²) in [5.41, 5.74) is 3.37. The van der Waals surface area contributed by atoms with E-state index >= 15 is 0 Å². The number of methoxy groups -OCH3 is 1. The Bertz CT molecular complexity index is 690. The minimum absolute atomic E-state index is 0.150. The Morgan fingerprint density at radius 1 is 1.17 bits per heavy atom. The molecule has 0 saturated heterocycles. The van der Waals surface area contributed by atoms with Crippen LogP contribution in [0.15, 0.2) is 36.4 Å². The van der Waals surface area contributed by atoms with E-state index in [1.54, 1.807) is 7.11 Å². The predicted octanol–water partition coefficient (Wildman–Crippen LogP) is 4.54. The second-order valence-electron chi connectivity index (χ2n) is 5.01. The number of ether oxygens (including phenoxy) is 2. The highest BCUT2D eigenvalue weighted by atomic mass is 35.5. The Labute approximate surface area is 142 Å². The summed E-state index contributed by atoms with van der Waals surface area (Å²) in [4.78, 5) is 0. The molecule has 0 radical (unpaired) electrons. The second kappa shape index (κ2) is 8.36. The molecular formula is C19H20ClNO2. The van der Waals surface area contributed by atoms with Crippen LogP contribution in [0.3, 0.4) is 0 Å². The monoisotopic (exact) mass is 329 g/mol. The molecule has 0 atom stereocenters. The highest BCUT2D eigenvalue weighted by Crippen LogP contribution is 2.36. The van der Waals surface area contributed by atoms with Crippen LogP contribution < -0.4 is 14.8 Å². The van der Waals surface area contributed by atoms with Crippen molar-refractivity contribution in [2.24, 2.45) is 0 Å². The van der Waals surface area contributed by atoms with Gasteiger partial charge in [-0.1, -0.05) is 36.6 Å². The van der Waals surface area contributed by atoms with Gasteiger partial charge in [0, 0.05) is 12.2 Å². The first-order valence-electron chi connectivity index (χ1n) is 7.43. The molecule has 0 aliphatic heterocycles. The molecule has 0 aromatic heterocycles. The normalized spacial score (nSPS) is 10.0. The number of benzene rings is 2. The van der Waals surface area contributed by atoms with E-state index in [1.807, 2.05) is 12.1 Å². The molecule has 3 nitrogen and oxygen atoms in total. The lowest BCUT2D eigenvalue weighted by molar-refractivity contribution is 0.331. The van der Waals surface area contributed by atoms with E-state index < -0.39 is 0 Å². The maximum atomic E-state index is 6.27. The van der Waals surface area contributed by atoms with Crippen molar-refractivity contribution in [2.45, 2.75) is 19.9 Å². The van der Waals surface area contributed by atoms with Crippen LogP contribution >= 0.6 is 11.6 Å². The summed E-state index contributed by atoms with van der Waals surface area (Å²) in [6.07, 6.45) is 6.25. The summed E-state index contributed by atoms with van der Waals surface area (Å²) in [6, 6.07) is 12.1. The van der Waals surface area contributed by atoms with Crippen molar-refractivity contribution in [3.63, 3.8) is 0 Å². The van der Waals surface area contributed by atoms with E-state index in [4.69, 9.17) is 27.5 Å². The Hall–Kier alpha value is -2.31. The Morgan fingerprint density at radius 2 is 1.91 bits per heavy atom. The lowest BCUT2D eigenvalue weighted by Crippen LogP contribution is -2.02. The molecule has 23 heavy (non-hydrogen) atoms. The van der Waals surface area contributed by atoms with E-state index in [9.17, 15) is 0 Å². The van der Waals surface area contributed by atoms with Gasteiger partial charge in [0.2, 0.25) is 0 Å². The number of anilines is 1. The van der Waals surface area contributed by atoms with Crippen LogP contribution in [-0.4, -0.2) is 13.7 Å². The molecule has 0 heterocycles. The second-order valence-corrected chi connectivity index (χ2v) is 5.41. The first kappa shape index (κ1) is 17.1. The molecule has 0 aliphatic carbocycles. The van der Waals surface area contributed by atoms with Gasteiger partial charge >= 0.3 is 0 Å². The fourth-order valence-electron chi connectivity index (χ4n) is 2.19. The zero-order chi connectivity index (χ0) is 16.7. The molecule has 2 aromatic rings. The molecule has 0 fully saturated rings. The fraction of sp³-hybridized carbons (Fsp3) is 0.263. The maximum absolute atomic E-state index is 6.27. The first-order valence-corrected chi connectivity index (χ1v) is 7.81. The van der Waals surface area contributed by atoms with Crippen molar-refractivity contribution in [1.82, 2.24) is 0 Å². The van der Waals surface area contributed by atoms with Gasteiger partial charge in [0.25, 0.3) is 0 Å². The van der Waals surface area contributed by atoms with Crippen molar-refractivity contribution >= 4 is 17.3 Å². The van der Waals surface area contributed by atoms with Crippen molar-refractivity contribution in [2.75, 3.05) is 19.0 Å². The Balaban J connectivity index is 2.10. The van der Waals surface area contributed by atoms with Gasteiger partial charge in [0.1, 0.15) is 6.61 Å². The quantitative estimate of drug-likeness (QED) is 0.757. The molecule has 0 unspecified atom stereocenters. The van der Waals surface area contributed by atoms with E-state index in [-0.39, 0.29) is 6.61 Å². The zero-order valence-electron chi connectivity index (χ0n) is 13.4. The smallest absolute Gasteiger partial charge is 0.181 e. The molecule has 0 aliphatic rings. The van der Waals surface area contributed by atoms with Gasteiger partial charge in [0.05, 0.1) is 12.1 Å². The largest absolute Gasteiger partial charge is 0.493 e. The van der Waals surface area contributed by atoms with Crippen LogP contribution in [0.2, 0.25) is 5.02 Å². The average Bonchev–Trinajstić information content (AvgIpc) is 2.59. The number of halogens is 1.